The number of hydrogen-bond acceptors (Lipinski definition) is 6. The minimum atomic E-state index is -0.599. The highest BCUT2D eigenvalue weighted by atomic mass is 16.7. The van der Waals surface area contributed by atoms with Crippen molar-refractivity contribution in [1.29, 1.82) is 0 Å². The molecule has 1 heterocycles. The molecule has 0 radical (unpaired) electrons. The first kappa shape index (κ1) is 31.8. The third-order valence-corrected chi connectivity index (χ3v) is 7.29. The molecule has 0 aliphatic carbocycles. The zero-order valence-electron chi connectivity index (χ0n) is 24.8. The Labute approximate surface area is 250 Å². The molecule has 0 saturated carbocycles. The van der Waals surface area contributed by atoms with Gasteiger partial charge in [-0.2, -0.15) is 0 Å². The van der Waals surface area contributed by atoms with Gasteiger partial charge in [0.15, 0.2) is 6.29 Å². The maximum Gasteiger partial charge on any atom is 0.177 e. The Hall–Kier alpha value is -3.10. The number of benzene rings is 3. The first-order chi connectivity index (χ1) is 20.6. The molecular weight excluding hydrogens is 528 g/mol. The molecule has 1 aliphatic rings. The van der Waals surface area contributed by atoms with Crippen molar-refractivity contribution in [2.75, 3.05) is 13.2 Å². The Balaban J connectivity index is 1.55. The largest absolute Gasteiger partial charge is 0.368 e. The van der Waals surface area contributed by atoms with E-state index in [0.29, 0.717) is 26.4 Å². The molecule has 1 saturated heterocycles. The van der Waals surface area contributed by atoms with E-state index in [1.165, 1.54) is 0 Å². The molecule has 1 fully saturated rings. The Kier molecular flexibility index (Phi) is 13.0. The first-order valence-corrected chi connectivity index (χ1v) is 14.7. The lowest BCUT2D eigenvalue weighted by Gasteiger charge is -2.45. The summed E-state index contributed by atoms with van der Waals surface area (Å²) in [5.74, 6) is 0. The molecule has 0 bridgehead atoms. The van der Waals surface area contributed by atoms with E-state index in [2.05, 4.69) is 37.4 Å². The fourth-order valence-corrected chi connectivity index (χ4v) is 4.83. The summed E-state index contributed by atoms with van der Waals surface area (Å²) in [6, 6.07) is 30.3. The predicted molar refractivity (Wildman–Crippen MR) is 165 cm³/mol. The van der Waals surface area contributed by atoms with E-state index in [-0.39, 0.29) is 18.8 Å². The Morgan fingerprint density at radius 2 is 1.21 bits per heavy atom. The van der Waals surface area contributed by atoms with Gasteiger partial charge in [0, 0.05) is 0 Å². The zero-order chi connectivity index (χ0) is 29.6. The lowest BCUT2D eigenvalue weighted by atomic mass is 9.94. The van der Waals surface area contributed by atoms with Crippen molar-refractivity contribution in [3.8, 4) is 0 Å². The number of rotatable bonds is 17. The Bertz CT molecular complexity index is 1190. The van der Waals surface area contributed by atoms with Crippen molar-refractivity contribution in [3.05, 3.63) is 132 Å². The minimum absolute atomic E-state index is 0.232. The molecule has 42 heavy (non-hydrogen) atoms. The topological polar surface area (TPSA) is 55.4 Å². The van der Waals surface area contributed by atoms with Gasteiger partial charge in [0.05, 0.1) is 39.1 Å². The lowest BCUT2D eigenvalue weighted by molar-refractivity contribution is -0.274. The molecule has 0 N–H and O–H groups in total. The van der Waals surface area contributed by atoms with Crippen LogP contribution < -0.4 is 0 Å². The molecule has 0 unspecified atom stereocenters. The van der Waals surface area contributed by atoms with E-state index in [1.54, 1.807) is 6.08 Å². The van der Waals surface area contributed by atoms with Crippen LogP contribution in [0.2, 0.25) is 0 Å². The molecule has 3 aromatic rings. The Morgan fingerprint density at radius 3 is 1.69 bits per heavy atom. The van der Waals surface area contributed by atoms with Crippen molar-refractivity contribution in [2.45, 2.75) is 76.9 Å². The molecule has 1 aliphatic heterocycles. The highest BCUT2D eigenvalue weighted by Crippen LogP contribution is 2.31. The van der Waals surface area contributed by atoms with Gasteiger partial charge in [-0.05, 0) is 36.1 Å². The van der Waals surface area contributed by atoms with Crippen LogP contribution in [0.1, 0.15) is 37.0 Å². The molecule has 0 aromatic heterocycles. The van der Waals surface area contributed by atoms with Gasteiger partial charge in [-0.15, -0.1) is 0 Å². The summed E-state index contributed by atoms with van der Waals surface area (Å²) in [6.45, 7) is 13.9. The second-order valence-electron chi connectivity index (χ2n) is 10.5. The standard InChI is InChI=1S/C36H44O6/c1-5-27(3)22-37-33(6-2)38-26-32-35(40-24-30-18-12-8-13-19-30)36(41-25-31-20-14-9-15-21-31)34(28(4)42-32)39-23-29-16-10-7-11-17-29/h6-21,28,32-36H,2-3,5,22-26H2,1,4H3/t28-,32+,33-,34-,35+,36+/m0/s1. The van der Waals surface area contributed by atoms with Crippen LogP contribution in [0.5, 0.6) is 0 Å². The summed E-state index contributed by atoms with van der Waals surface area (Å²) in [5, 5.41) is 0. The fraction of sp³-hybridized carbons (Fsp3) is 0.389. The zero-order valence-corrected chi connectivity index (χ0v) is 24.8. The van der Waals surface area contributed by atoms with Crippen LogP contribution >= 0.6 is 0 Å². The maximum atomic E-state index is 6.65. The minimum Gasteiger partial charge on any atom is -0.368 e. The smallest absolute Gasteiger partial charge is 0.177 e. The van der Waals surface area contributed by atoms with Crippen LogP contribution in [0.3, 0.4) is 0 Å². The number of hydrogen-bond donors (Lipinski definition) is 0. The van der Waals surface area contributed by atoms with Gasteiger partial charge in [0.1, 0.15) is 24.4 Å². The van der Waals surface area contributed by atoms with Crippen molar-refractivity contribution in [3.63, 3.8) is 0 Å². The van der Waals surface area contributed by atoms with Gasteiger partial charge < -0.3 is 28.4 Å². The van der Waals surface area contributed by atoms with Crippen molar-refractivity contribution >= 4 is 0 Å². The Morgan fingerprint density at radius 1 is 0.738 bits per heavy atom. The van der Waals surface area contributed by atoms with Crippen LogP contribution in [0.25, 0.3) is 0 Å². The van der Waals surface area contributed by atoms with E-state index >= 15 is 0 Å². The summed E-state index contributed by atoms with van der Waals surface area (Å²) in [5.41, 5.74) is 4.21. The normalized spacial score (nSPS) is 22.9. The molecule has 4 rings (SSSR count). The van der Waals surface area contributed by atoms with E-state index in [0.717, 1.165) is 28.7 Å². The highest BCUT2D eigenvalue weighted by Gasteiger charge is 2.47. The molecule has 0 spiro atoms. The van der Waals surface area contributed by atoms with Crippen LogP contribution in [0, 0.1) is 0 Å². The summed E-state index contributed by atoms with van der Waals surface area (Å²) >= 11 is 0. The average Bonchev–Trinajstić information content (AvgIpc) is 3.04. The molecule has 0 amide bonds. The third-order valence-electron chi connectivity index (χ3n) is 7.29. The van der Waals surface area contributed by atoms with Gasteiger partial charge in [-0.1, -0.05) is 117 Å². The summed E-state index contributed by atoms with van der Waals surface area (Å²) in [4.78, 5) is 0. The van der Waals surface area contributed by atoms with E-state index in [9.17, 15) is 0 Å². The van der Waals surface area contributed by atoms with E-state index in [1.807, 2.05) is 80.6 Å². The molecule has 6 nitrogen and oxygen atoms in total. The molecule has 6 heteroatoms. The van der Waals surface area contributed by atoms with Crippen molar-refractivity contribution in [2.24, 2.45) is 0 Å². The monoisotopic (exact) mass is 572 g/mol. The van der Waals surface area contributed by atoms with Crippen LogP contribution in [-0.4, -0.2) is 50.0 Å². The van der Waals surface area contributed by atoms with E-state index in [4.69, 9.17) is 28.4 Å². The molecular formula is C36H44O6. The molecule has 3 aromatic carbocycles. The third kappa shape index (κ3) is 9.73. The molecule has 6 atom stereocenters. The fourth-order valence-electron chi connectivity index (χ4n) is 4.83. The number of ether oxygens (including phenoxy) is 6. The maximum absolute atomic E-state index is 6.65. The second-order valence-corrected chi connectivity index (χ2v) is 10.5. The lowest BCUT2D eigenvalue weighted by Crippen LogP contribution is -2.60. The predicted octanol–water partition coefficient (Wildman–Crippen LogP) is 7.04. The summed E-state index contributed by atoms with van der Waals surface area (Å²) in [6.07, 6.45) is -0.0793. The quantitative estimate of drug-likeness (QED) is 0.128. The molecule has 224 valence electrons. The SMILES string of the molecule is C=C[C@@H](OCC(=C)CC)OC[C@H]1O[C@@H](C)[C@H](OCc2ccccc2)[C@@H](OCc2ccccc2)[C@@H]1OCc1ccccc1. The summed E-state index contributed by atoms with van der Waals surface area (Å²) in [7, 11) is 0. The van der Waals surface area contributed by atoms with Crippen LogP contribution in [-0.2, 0) is 48.2 Å². The van der Waals surface area contributed by atoms with Gasteiger partial charge in [0.2, 0.25) is 0 Å². The van der Waals surface area contributed by atoms with Crippen molar-refractivity contribution < 1.29 is 28.4 Å². The van der Waals surface area contributed by atoms with Gasteiger partial charge in [0.25, 0.3) is 0 Å². The second kappa shape index (κ2) is 17.1. The highest BCUT2D eigenvalue weighted by molar-refractivity contribution is 5.16. The van der Waals surface area contributed by atoms with Crippen LogP contribution in [0.15, 0.2) is 116 Å². The first-order valence-electron chi connectivity index (χ1n) is 14.7. The van der Waals surface area contributed by atoms with Crippen LogP contribution in [0.4, 0.5) is 0 Å². The van der Waals surface area contributed by atoms with Gasteiger partial charge in [-0.3, -0.25) is 0 Å². The van der Waals surface area contributed by atoms with E-state index < -0.39 is 24.6 Å². The van der Waals surface area contributed by atoms with Gasteiger partial charge >= 0.3 is 0 Å². The van der Waals surface area contributed by atoms with Crippen molar-refractivity contribution in [1.82, 2.24) is 0 Å². The summed E-state index contributed by atoms with van der Waals surface area (Å²) < 4.78 is 38.3. The van der Waals surface area contributed by atoms with Gasteiger partial charge in [-0.25, -0.2) is 0 Å². The average molecular weight is 573 g/mol.